The quantitative estimate of drug-likeness (QED) is 0.239. The molecule has 0 aliphatic rings. The van der Waals surface area contributed by atoms with E-state index in [9.17, 15) is 14.9 Å². The first-order valence-electron chi connectivity index (χ1n) is 10.3. The maximum absolute atomic E-state index is 11.9. The van der Waals surface area contributed by atoms with Gasteiger partial charge in [0.1, 0.15) is 12.4 Å². The predicted octanol–water partition coefficient (Wildman–Crippen LogP) is 4.76. The summed E-state index contributed by atoms with van der Waals surface area (Å²) in [5.74, 6) is 0.981. The second-order valence-electron chi connectivity index (χ2n) is 6.86. The first kappa shape index (κ1) is 24.5. The van der Waals surface area contributed by atoms with Crippen LogP contribution in [-0.4, -0.2) is 30.3 Å². The van der Waals surface area contributed by atoms with Gasteiger partial charge in [0, 0.05) is 12.1 Å². The van der Waals surface area contributed by atoms with Crippen LogP contribution < -0.4 is 19.6 Å². The third-order valence-electron chi connectivity index (χ3n) is 4.41. The van der Waals surface area contributed by atoms with Gasteiger partial charge in [0.05, 0.1) is 22.8 Å². The van der Waals surface area contributed by atoms with Crippen LogP contribution in [0.15, 0.2) is 71.8 Å². The fourth-order valence-corrected chi connectivity index (χ4v) is 2.97. The number of carbonyl (C=O) groups excluding carboxylic acids is 1. The highest BCUT2D eigenvalue weighted by molar-refractivity contribution is 6.32. The van der Waals surface area contributed by atoms with Crippen molar-refractivity contribution >= 4 is 29.4 Å². The lowest BCUT2D eigenvalue weighted by atomic mass is 10.2. The van der Waals surface area contributed by atoms with Gasteiger partial charge in [0.25, 0.3) is 11.6 Å². The fraction of sp³-hybridized carbons (Fsp3) is 0.167. The molecule has 0 bridgehead atoms. The number of hydrazone groups is 1. The van der Waals surface area contributed by atoms with Gasteiger partial charge in [-0.05, 0) is 60.5 Å². The largest absolute Gasteiger partial charge is 0.490 e. The number of nitrogens with zero attached hydrogens (tertiary/aromatic N) is 2. The SMILES string of the molecule is CCOc1cc(/C=N\NC(=O)COc2ccccc2Cl)ccc1OCc1ccc([N+](=O)[O-])cc1. The van der Waals surface area contributed by atoms with Crippen LogP contribution in [0, 0.1) is 10.1 Å². The Balaban J connectivity index is 1.56. The molecule has 9 nitrogen and oxygen atoms in total. The van der Waals surface area contributed by atoms with Gasteiger partial charge >= 0.3 is 0 Å². The zero-order valence-corrected chi connectivity index (χ0v) is 19.0. The molecule has 0 heterocycles. The number of hydrogen-bond acceptors (Lipinski definition) is 7. The van der Waals surface area contributed by atoms with Gasteiger partial charge in [-0.1, -0.05) is 23.7 Å². The standard InChI is InChI=1S/C24H22ClN3O6/c1-2-32-23-13-18(14-26-27-24(29)16-34-21-6-4-3-5-20(21)25)9-12-22(23)33-15-17-7-10-19(11-8-17)28(30)31/h3-14H,2,15-16H2,1H3,(H,27,29)/b26-14-. The molecule has 3 aromatic rings. The van der Waals surface area contributed by atoms with Gasteiger partial charge in [0.15, 0.2) is 18.1 Å². The summed E-state index contributed by atoms with van der Waals surface area (Å²) in [6, 6.07) is 18.2. The van der Waals surface area contributed by atoms with Crippen LogP contribution in [0.25, 0.3) is 0 Å². The number of benzene rings is 3. The summed E-state index contributed by atoms with van der Waals surface area (Å²) in [6.45, 7) is 2.25. The average Bonchev–Trinajstić information content (AvgIpc) is 2.83. The Hall–Kier alpha value is -4.11. The van der Waals surface area contributed by atoms with Crippen molar-refractivity contribution in [3.05, 3.63) is 93.0 Å². The molecular formula is C24H22ClN3O6. The van der Waals surface area contributed by atoms with Crippen LogP contribution in [-0.2, 0) is 11.4 Å². The zero-order chi connectivity index (χ0) is 24.3. The minimum Gasteiger partial charge on any atom is -0.490 e. The van der Waals surface area contributed by atoms with Gasteiger partial charge in [-0.2, -0.15) is 5.10 Å². The predicted molar refractivity (Wildman–Crippen MR) is 128 cm³/mol. The van der Waals surface area contributed by atoms with Crippen LogP contribution in [0.2, 0.25) is 5.02 Å². The number of carbonyl (C=O) groups is 1. The van der Waals surface area contributed by atoms with E-state index in [0.29, 0.717) is 34.4 Å². The Labute approximate surface area is 201 Å². The van der Waals surface area contributed by atoms with Gasteiger partial charge < -0.3 is 14.2 Å². The molecule has 1 N–H and O–H groups in total. The number of ether oxygens (including phenoxy) is 3. The fourth-order valence-electron chi connectivity index (χ4n) is 2.78. The third kappa shape index (κ3) is 7.21. The molecule has 0 spiro atoms. The summed E-state index contributed by atoms with van der Waals surface area (Å²) in [4.78, 5) is 22.3. The average molecular weight is 484 g/mol. The number of amides is 1. The summed E-state index contributed by atoms with van der Waals surface area (Å²) in [6.07, 6.45) is 1.47. The molecule has 0 atom stereocenters. The lowest BCUT2D eigenvalue weighted by Crippen LogP contribution is -2.24. The summed E-state index contributed by atoms with van der Waals surface area (Å²) in [5, 5.41) is 15.1. The first-order chi connectivity index (χ1) is 16.5. The van der Waals surface area contributed by atoms with Crippen molar-refractivity contribution < 1.29 is 23.9 Å². The van der Waals surface area contributed by atoms with Crippen molar-refractivity contribution in [3.63, 3.8) is 0 Å². The second kappa shape index (κ2) is 12.2. The maximum Gasteiger partial charge on any atom is 0.277 e. The third-order valence-corrected chi connectivity index (χ3v) is 4.72. The lowest BCUT2D eigenvalue weighted by molar-refractivity contribution is -0.384. The van der Waals surface area contributed by atoms with Crippen molar-refractivity contribution in [1.29, 1.82) is 0 Å². The molecular weight excluding hydrogens is 462 g/mol. The molecule has 1 amide bonds. The van der Waals surface area contributed by atoms with Crippen LogP contribution in [0.3, 0.4) is 0 Å². The second-order valence-corrected chi connectivity index (χ2v) is 7.27. The van der Waals surface area contributed by atoms with Crippen molar-refractivity contribution in [1.82, 2.24) is 5.43 Å². The summed E-state index contributed by atoms with van der Waals surface area (Å²) >= 11 is 5.99. The molecule has 3 aromatic carbocycles. The first-order valence-corrected chi connectivity index (χ1v) is 10.7. The number of rotatable bonds is 11. The zero-order valence-electron chi connectivity index (χ0n) is 18.3. The molecule has 0 saturated carbocycles. The minimum absolute atomic E-state index is 0.0184. The van der Waals surface area contributed by atoms with Gasteiger partial charge in [-0.3, -0.25) is 14.9 Å². The molecule has 0 aliphatic heterocycles. The van der Waals surface area contributed by atoms with E-state index in [1.54, 1.807) is 54.6 Å². The highest BCUT2D eigenvalue weighted by atomic mass is 35.5. The molecule has 0 aromatic heterocycles. The van der Waals surface area contributed by atoms with Gasteiger partial charge in [0.2, 0.25) is 0 Å². The van der Waals surface area contributed by atoms with E-state index in [0.717, 1.165) is 5.56 Å². The van der Waals surface area contributed by atoms with E-state index in [-0.39, 0.29) is 18.9 Å². The summed E-state index contributed by atoms with van der Waals surface area (Å²) in [7, 11) is 0. The van der Waals surface area contributed by atoms with Crippen molar-refractivity contribution in [2.24, 2.45) is 5.10 Å². The normalized spacial score (nSPS) is 10.6. The van der Waals surface area contributed by atoms with E-state index in [1.807, 2.05) is 6.92 Å². The van der Waals surface area contributed by atoms with E-state index in [4.69, 9.17) is 25.8 Å². The Bertz CT molecular complexity index is 1170. The monoisotopic (exact) mass is 483 g/mol. The summed E-state index contributed by atoms with van der Waals surface area (Å²) < 4.78 is 16.8. The van der Waals surface area contributed by atoms with E-state index < -0.39 is 10.8 Å². The van der Waals surface area contributed by atoms with Crippen LogP contribution in [0.1, 0.15) is 18.1 Å². The molecule has 34 heavy (non-hydrogen) atoms. The molecule has 176 valence electrons. The van der Waals surface area contributed by atoms with E-state index in [2.05, 4.69) is 10.5 Å². The highest BCUT2D eigenvalue weighted by Crippen LogP contribution is 2.29. The Morgan fingerprint density at radius 2 is 1.79 bits per heavy atom. The molecule has 0 aliphatic carbocycles. The van der Waals surface area contributed by atoms with Crippen molar-refractivity contribution in [2.45, 2.75) is 13.5 Å². The van der Waals surface area contributed by atoms with E-state index in [1.165, 1.54) is 18.3 Å². The van der Waals surface area contributed by atoms with Crippen LogP contribution in [0.5, 0.6) is 17.2 Å². The van der Waals surface area contributed by atoms with E-state index >= 15 is 0 Å². The Morgan fingerprint density at radius 1 is 1.03 bits per heavy atom. The molecule has 3 rings (SSSR count). The van der Waals surface area contributed by atoms with Gasteiger partial charge in [-0.25, -0.2) is 5.43 Å². The smallest absolute Gasteiger partial charge is 0.277 e. The number of nitro groups is 1. The van der Waals surface area contributed by atoms with Crippen LogP contribution in [0.4, 0.5) is 5.69 Å². The summed E-state index contributed by atoms with van der Waals surface area (Å²) in [5.41, 5.74) is 3.86. The van der Waals surface area contributed by atoms with Crippen molar-refractivity contribution in [3.8, 4) is 17.2 Å². The highest BCUT2D eigenvalue weighted by Gasteiger charge is 2.09. The Kier molecular flexibility index (Phi) is 8.81. The molecule has 0 fully saturated rings. The number of nitrogens with one attached hydrogen (secondary N) is 1. The minimum atomic E-state index is -0.452. The number of nitro benzene ring substituents is 1. The molecule has 10 heteroatoms. The van der Waals surface area contributed by atoms with Crippen molar-refractivity contribution in [2.75, 3.05) is 13.2 Å². The molecule has 0 radical (unpaired) electrons. The number of halogens is 1. The maximum atomic E-state index is 11.9. The number of para-hydroxylation sites is 1. The topological polar surface area (TPSA) is 112 Å². The molecule has 0 saturated heterocycles. The van der Waals surface area contributed by atoms with Gasteiger partial charge in [-0.15, -0.1) is 0 Å². The molecule has 0 unspecified atom stereocenters. The lowest BCUT2D eigenvalue weighted by Gasteiger charge is -2.12. The number of non-ortho nitro benzene ring substituents is 1. The van der Waals surface area contributed by atoms with Crippen LogP contribution >= 0.6 is 11.6 Å². The Morgan fingerprint density at radius 3 is 2.50 bits per heavy atom. The number of hydrogen-bond donors (Lipinski definition) is 1.